The van der Waals surface area contributed by atoms with E-state index in [0.29, 0.717) is 12.8 Å². The van der Waals surface area contributed by atoms with E-state index in [0.717, 1.165) is 0 Å². The van der Waals surface area contributed by atoms with E-state index in [1.165, 1.54) is 6.92 Å². The summed E-state index contributed by atoms with van der Waals surface area (Å²) in [6, 6.07) is 0. The lowest BCUT2D eigenvalue weighted by Crippen LogP contribution is -2.63. The van der Waals surface area contributed by atoms with Gasteiger partial charge >= 0.3 is 33.4 Å². The fourth-order valence-corrected chi connectivity index (χ4v) is 7.72. The van der Waals surface area contributed by atoms with Crippen LogP contribution in [-0.2, 0) is 13.7 Å². The average Bonchev–Trinajstić information content (AvgIpc) is 2.55. The summed E-state index contributed by atoms with van der Waals surface area (Å²) < 4.78 is 145. The largest absolute Gasteiger partial charge is 0.460 e. The highest BCUT2D eigenvalue weighted by molar-refractivity contribution is 8.33. The molecule has 0 saturated carbocycles. The van der Waals surface area contributed by atoms with Gasteiger partial charge in [0.15, 0.2) is 0 Å². The van der Waals surface area contributed by atoms with Crippen LogP contribution in [0.15, 0.2) is 0 Å². The average molecular weight is 474 g/mol. The second kappa shape index (κ2) is 9.19. The predicted molar refractivity (Wildman–Crippen MR) is 88.6 cm³/mol. The van der Waals surface area contributed by atoms with Crippen LogP contribution < -0.4 is 0 Å². The molecule has 0 aromatic carbocycles. The monoisotopic (exact) mass is 474 g/mol. The maximum absolute atomic E-state index is 13.9. The number of alkyl halides is 9. The van der Waals surface area contributed by atoms with E-state index in [1.54, 1.807) is 13.8 Å². The number of hydrogen-bond acceptors (Lipinski definition) is 3. The number of unbranched alkanes of at least 4 members (excludes halogenated alkanes) is 2. The van der Waals surface area contributed by atoms with E-state index in [2.05, 4.69) is 3.63 Å². The van der Waals surface area contributed by atoms with Crippen molar-refractivity contribution in [2.45, 2.75) is 69.7 Å². The van der Waals surface area contributed by atoms with Gasteiger partial charge in [0, 0.05) is 11.5 Å². The molecule has 0 amide bonds. The van der Waals surface area contributed by atoms with Crippen LogP contribution in [0, 0.1) is 0 Å². The smallest absolute Gasteiger partial charge is 0.215 e. The van der Waals surface area contributed by atoms with Crippen LogP contribution >= 0.6 is 10.3 Å². The van der Waals surface area contributed by atoms with E-state index < -0.39 is 43.7 Å². The fourth-order valence-electron chi connectivity index (χ4n) is 2.07. The standard InChI is InChI=1S/C14H23F9O3S2/c1-4-7-9-27(6-3,10-8-5-2)26-28(24,25)14(22,23)12(17,18)11(15,16)13(19,20)21/h4-10H2,1-3H3. The first-order valence-electron chi connectivity index (χ1n) is 8.31. The van der Waals surface area contributed by atoms with Crippen LogP contribution in [0.25, 0.3) is 0 Å². The summed E-state index contributed by atoms with van der Waals surface area (Å²) >= 11 is 0. The first kappa shape index (κ1) is 27.6. The lowest BCUT2D eigenvalue weighted by Gasteiger charge is -2.40. The van der Waals surface area contributed by atoms with Gasteiger partial charge in [-0.3, -0.25) is 0 Å². The van der Waals surface area contributed by atoms with Crippen LogP contribution in [0.4, 0.5) is 39.5 Å². The van der Waals surface area contributed by atoms with Gasteiger partial charge in [-0.25, -0.2) is 3.63 Å². The van der Waals surface area contributed by atoms with Crippen LogP contribution in [0.1, 0.15) is 46.5 Å². The topological polar surface area (TPSA) is 43.4 Å². The maximum Gasteiger partial charge on any atom is 0.460 e. The van der Waals surface area contributed by atoms with Crippen molar-refractivity contribution in [2.24, 2.45) is 0 Å². The summed E-state index contributed by atoms with van der Waals surface area (Å²) in [7, 11) is -9.79. The molecule has 0 aromatic rings. The molecule has 0 aromatic heterocycles. The Hall–Kier alpha value is -0.370. The molecule has 0 aliphatic rings. The molecule has 172 valence electrons. The highest BCUT2D eigenvalue weighted by Crippen LogP contribution is 2.59. The Labute approximate surface area is 159 Å². The molecule has 0 bridgehead atoms. The Kier molecular flexibility index (Phi) is 9.07. The molecule has 0 saturated heterocycles. The van der Waals surface area contributed by atoms with Crippen LogP contribution in [0.5, 0.6) is 0 Å². The van der Waals surface area contributed by atoms with Gasteiger partial charge in [0.2, 0.25) is 0 Å². The molecule has 0 radical (unpaired) electrons. The van der Waals surface area contributed by atoms with Crippen LogP contribution in [-0.4, -0.2) is 49.0 Å². The van der Waals surface area contributed by atoms with Crippen LogP contribution in [0.3, 0.4) is 0 Å². The van der Waals surface area contributed by atoms with Crippen molar-refractivity contribution < 1.29 is 51.6 Å². The molecule has 0 aliphatic carbocycles. The highest BCUT2D eigenvalue weighted by atomic mass is 32.3. The van der Waals surface area contributed by atoms with Crippen molar-refractivity contribution in [1.29, 1.82) is 0 Å². The van der Waals surface area contributed by atoms with Gasteiger partial charge in [-0.2, -0.15) is 47.9 Å². The van der Waals surface area contributed by atoms with Gasteiger partial charge in [-0.15, -0.1) is 10.3 Å². The SMILES string of the molecule is CCCCS(CC)(CCCC)OS(=O)(=O)C(F)(F)C(F)(F)C(F)(F)C(F)(F)F. The second-order valence-electron chi connectivity index (χ2n) is 6.06. The van der Waals surface area contributed by atoms with E-state index in [4.69, 9.17) is 0 Å². The molecule has 0 unspecified atom stereocenters. The zero-order valence-electron chi connectivity index (χ0n) is 15.4. The summed E-state index contributed by atoms with van der Waals surface area (Å²) in [5, 5.41) is -6.80. The summed E-state index contributed by atoms with van der Waals surface area (Å²) in [4.78, 5) is 0. The molecular formula is C14H23F9O3S2. The van der Waals surface area contributed by atoms with Crippen molar-refractivity contribution in [3.05, 3.63) is 0 Å². The minimum Gasteiger partial charge on any atom is -0.215 e. The molecule has 0 heterocycles. The second-order valence-corrected chi connectivity index (χ2v) is 11.3. The Balaban J connectivity index is 6.16. The van der Waals surface area contributed by atoms with Crippen molar-refractivity contribution in [2.75, 3.05) is 17.3 Å². The lowest BCUT2D eigenvalue weighted by atomic mass is 10.1. The fraction of sp³-hybridized carbons (Fsp3) is 1.00. The molecule has 0 atom stereocenters. The third kappa shape index (κ3) is 5.21. The zero-order valence-corrected chi connectivity index (χ0v) is 17.0. The molecule has 0 N–H and O–H groups in total. The van der Waals surface area contributed by atoms with E-state index in [1.807, 2.05) is 0 Å². The Morgan fingerprint density at radius 2 is 1.11 bits per heavy atom. The van der Waals surface area contributed by atoms with Gasteiger partial charge in [0.25, 0.3) is 0 Å². The normalized spacial score (nSPS) is 15.7. The van der Waals surface area contributed by atoms with Crippen molar-refractivity contribution in [3.63, 3.8) is 0 Å². The first-order valence-corrected chi connectivity index (χ1v) is 11.8. The minimum atomic E-state index is -7.29. The molecule has 0 aliphatic heterocycles. The molecule has 0 rings (SSSR count). The summed E-state index contributed by atoms with van der Waals surface area (Å²) in [6.07, 6.45) is -5.65. The predicted octanol–water partition coefficient (Wildman–Crippen LogP) is 6.10. The van der Waals surface area contributed by atoms with E-state index in [-0.39, 0.29) is 30.1 Å². The molecule has 14 heteroatoms. The van der Waals surface area contributed by atoms with Crippen molar-refractivity contribution in [1.82, 2.24) is 0 Å². The van der Waals surface area contributed by atoms with Gasteiger partial charge in [-0.05, 0) is 18.6 Å². The molecule has 3 nitrogen and oxygen atoms in total. The quantitative estimate of drug-likeness (QED) is 0.321. The van der Waals surface area contributed by atoms with E-state index in [9.17, 15) is 47.9 Å². The van der Waals surface area contributed by atoms with Gasteiger partial charge in [0.05, 0.1) is 0 Å². The number of halogens is 9. The Bertz CT molecular complexity index is 596. The van der Waals surface area contributed by atoms with E-state index >= 15 is 0 Å². The number of rotatable bonds is 12. The summed E-state index contributed by atoms with van der Waals surface area (Å²) in [6.45, 7) is 4.68. The Morgan fingerprint density at radius 1 is 0.714 bits per heavy atom. The summed E-state index contributed by atoms with van der Waals surface area (Å²) in [5.41, 5.74) is 0. The van der Waals surface area contributed by atoms with Crippen molar-refractivity contribution in [3.8, 4) is 0 Å². The third-order valence-corrected chi connectivity index (χ3v) is 9.80. The van der Waals surface area contributed by atoms with Gasteiger partial charge in [-0.1, -0.05) is 33.6 Å². The zero-order chi connectivity index (χ0) is 22.7. The van der Waals surface area contributed by atoms with Gasteiger partial charge < -0.3 is 0 Å². The molecule has 0 fully saturated rings. The highest BCUT2D eigenvalue weighted by Gasteiger charge is 2.86. The van der Waals surface area contributed by atoms with Crippen LogP contribution in [0.2, 0.25) is 0 Å². The molecule has 0 spiro atoms. The number of hydrogen-bond donors (Lipinski definition) is 0. The summed E-state index contributed by atoms with van der Waals surface area (Å²) in [5.74, 6) is -14.9. The minimum absolute atomic E-state index is 0.101. The third-order valence-electron chi connectivity index (χ3n) is 3.93. The molecule has 28 heavy (non-hydrogen) atoms. The Morgan fingerprint density at radius 3 is 1.39 bits per heavy atom. The molecular weight excluding hydrogens is 451 g/mol. The van der Waals surface area contributed by atoms with Gasteiger partial charge in [0.1, 0.15) is 0 Å². The lowest BCUT2D eigenvalue weighted by molar-refractivity contribution is -0.382. The maximum atomic E-state index is 13.9. The first-order chi connectivity index (χ1) is 12.4. The van der Waals surface area contributed by atoms with Crippen molar-refractivity contribution >= 4 is 20.4 Å².